The Balaban J connectivity index is 1.58. The Morgan fingerprint density at radius 1 is 1.00 bits per heavy atom. The highest BCUT2D eigenvalue weighted by Gasteiger charge is 2.37. The van der Waals surface area contributed by atoms with Gasteiger partial charge in [0.05, 0.1) is 58.5 Å². The van der Waals surface area contributed by atoms with Gasteiger partial charge in [0.1, 0.15) is 0 Å². The van der Waals surface area contributed by atoms with Crippen LogP contribution in [0.4, 0.5) is 5.95 Å². The first kappa shape index (κ1) is 26.2. The second-order valence-corrected chi connectivity index (χ2v) is 14.3. The van der Waals surface area contributed by atoms with Gasteiger partial charge < -0.3 is 28.3 Å². The van der Waals surface area contributed by atoms with Gasteiger partial charge in [0.25, 0.3) is 0 Å². The molecule has 0 bridgehead atoms. The van der Waals surface area contributed by atoms with Crippen molar-refractivity contribution in [3.8, 4) is 0 Å². The van der Waals surface area contributed by atoms with Gasteiger partial charge in [0.15, 0.2) is 8.32 Å². The summed E-state index contributed by atoms with van der Waals surface area (Å²) < 4.78 is 27.8. The maximum atomic E-state index is 6.29. The molecule has 0 N–H and O–H groups in total. The van der Waals surface area contributed by atoms with E-state index >= 15 is 0 Å². The number of methoxy groups -OCH3 is 1. The van der Waals surface area contributed by atoms with E-state index < -0.39 is 8.32 Å². The van der Waals surface area contributed by atoms with E-state index in [1.165, 1.54) is 0 Å². The summed E-state index contributed by atoms with van der Waals surface area (Å²) in [7, 11) is -0.124. The van der Waals surface area contributed by atoms with Gasteiger partial charge in [-0.3, -0.25) is 0 Å². The Kier molecular flexibility index (Phi) is 10.8. The largest absolute Gasteiger partial charge is 0.411 e. The number of aromatic nitrogens is 2. The van der Waals surface area contributed by atoms with Crippen LogP contribution in [0.15, 0.2) is 12.3 Å². The molecule has 0 amide bonds. The molecule has 9 heteroatoms. The molecule has 31 heavy (non-hydrogen) atoms. The monoisotopic (exact) mass is 455 g/mol. The van der Waals surface area contributed by atoms with E-state index in [2.05, 4.69) is 43.7 Å². The van der Waals surface area contributed by atoms with Crippen LogP contribution in [0, 0.1) is 5.92 Å². The fourth-order valence-corrected chi connectivity index (χ4v) is 3.70. The van der Waals surface area contributed by atoms with E-state index in [0.29, 0.717) is 52.2 Å². The minimum absolute atomic E-state index is 0.191. The minimum atomic E-state index is -1.79. The average Bonchev–Trinajstić information content (AvgIpc) is 2.68. The zero-order valence-corrected chi connectivity index (χ0v) is 21.2. The predicted molar refractivity (Wildman–Crippen MR) is 124 cm³/mol. The summed E-state index contributed by atoms with van der Waals surface area (Å²) in [5.41, 5.74) is 0.942. The fraction of sp³-hybridized carbons (Fsp3) is 0.818. The van der Waals surface area contributed by atoms with Gasteiger partial charge in [0, 0.05) is 32.3 Å². The van der Waals surface area contributed by atoms with Crippen LogP contribution in [0.5, 0.6) is 0 Å². The predicted octanol–water partition coefficient (Wildman–Crippen LogP) is 3.13. The summed E-state index contributed by atoms with van der Waals surface area (Å²) >= 11 is 0. The van der Waals surface area contributed by atoms with Crippen molar-refractivity contribution in [3.05, 3.63) is 18.0 Å². The molecule has 0 unspecified atom stereocenters. The van der Waals surface area contributed by atoms with Gasteiger partial charge in [-0.2, -0.15) is 0 Å². The van der Waals surface area contributed by atoms with Gasteiger partial charge in [-0.15, -0.1) is 0 Å². The van der Waals surface area contributed by atoms with Crippen molar-refractivity contribution in [1.82, 2.24) is 9.97 Å². The first-order valence-corrected chi connectivity index (χ1v) is 14.1. The van der Waals surface area contributed by atoms with E-state index in [0.717, 1.165) is 31.3 Å². The molecule has 0 radical (unpaired) electrons. The first-order chi connectivity index (χ1) is 14.7. The molecule has 0 atom stereocenters. The first-order valence-electron chi connectivity index (χ1n) is 11.2. The van der Waals surface area contributed by atoms with Crippen LogP contribution in [-0.4, -0.2) is 84.7 Å². The van der Waals surface area contributed by atoms with Gasteiger partial charge in [-0.25, -0.2) is 9.97 Å². The average molecular weight is 456 g/mol. The molecule has 0 spiro atoms. The van der Waals surface area contributed by atoms with Gasteiger partial charge in [0.2, 0.25) is 5.95 Å². The van der Waals surface area contributed by atoms with Crippen LogP contribution < -0.4 is 4.90 Å². The molecule has 1 aromatic heterocycles. The third kappa shape index (κ3) is 9.11. The molecule has 8 nitrogen and oxygen atoms in total. The second-order valence-electron chi connectivity index (χ2n) is 9.46. The van der Waals surface area contributed by atoms with Crippen LogP contribution in [0.2, 0.25) is 18.1 Å². The molecule has 0 saturated carbocycles. The maximum absolute atomic E-state index is 6.29. The van der Waals surface area contributed by atoms with Crippen molar-refractivity contribution in [2.45, 2.75) is 45.5 Å². The normalized spacial score (nSPS) is 15.4. The van der Waals surface area contributed by atoms with Gasteiger partial charge in [-0.1, -0.05) is 20.8 Å². The van der Waals surface area contributed by atoms with Crippen LogP contribution in [0.25, 0.3) is 0 Å². The van der Waals surface area contributed by atoms with E-state index in [-0.39, 0.29) is 5.04 Å². The summed E-state index contributed by atoms with van der Waals surface area (Å²) in [5.74, 6) is 1.29. The van der Waals surface area contributed by atoms with Crippen molar-refractivity contribution in [2.75, 3.05) is 71.3 Å². The molecule has 178 valence electrons. The summed E-state index contributed by atoms with van der Waals surface area (Å²) in [6.45, 7) is 17.9. The molecule has 2 heterocycles. The SMILES string of the molecule is COCCOCCOCCOCC1CN(c2nccc(CO[Si](C)(C)C(C)(C)C)n2)C1. The van der Waals surface area contributed by atoms with Crippen LogP contribution in [-0.2, 0) is 30.0 Å². The molecule has 1 aliphatic heterocycles. The Morgan fingerprint density at radius 3 is 2.23 bits per heavy atom. The van der Waals surface area contributed by atoms with E-state index in [4.69, 9.17) is 28.4 Å². The van der Waals surface area contributed by atoms with Crippen LogP contribution in [0.3, 0.4) is 0 Å². The zero-order valence-electron chi connectivity index (χ0n) is 20.2. The Labute approximate surface area is 188 Å². The van der Waals surface area contributed by atoms with Crippen molar-refractivity contribution in [1.29, 1.82) is 0 Å². The van der Waals surface area contributed by atoms with Crippen LogP contribution >= 0.6 is 0 Å². The number of rotatable bonds is 15. The number of hydrogen-bond donors (Lipinski definition) is 0. The summed E-state index contributed by atoms with van der Waals surface area (Å²) in [5, 5.41) is 0.191. The molecule has 1 aliphatic rings. The van der Waals surface area contributed by atoms with Crippen molar-refractivity contribution >= 4 is 14.3 Å². The lowest BCUT2D eigenvalue weighted by molar-refractivity contribution is -0.00300. The third-order valence-electron chi connectivity index (χ3n) is 5.86. The molecule has 1 saturated heterocycles. The molecular formula is C22H41N3O5Si. The van der Waals surface area contributed by atoms with Crippen molar-refractivity contribution in [3.63, 3.8) is 0 Å². The lowest BCUT2D eigenvalue weighted by Gasteiger charge is -2.39. The molecule has 2 rings (SSSR count). The number of nitrogens with zero attached hydrogens (tertiary/aromatic N) is 3. The molecule has 1 fully saturated rings. The quantitative estimate of drug-likeness (QED) is 0.295. The molecule has 0 aromatic carbocycles. The lowest BCUT2D eigenvalue weighted by atomic mass is 10.0. The minimum Gasteiger partial charge on any atom is -0.411 e. The highest BCUT2D eigenvalue weighted by molar-refractivity contribution is 6.74. The maximum Gasteiger partial charge on any atom is 0.225 e. The van der Waals surface area contributed by atoms with Gasteiger partial charge in [-0.05, 0) is 24.2 Å². The highest BCUT2D eigenvalue weighted by atomic mass is 28.4. The summed E-state index contributed by atoms with van der Waals surface area (Å²) in [6.07, 6.45) is 1.83. The van der Waals surface area contributed by atoms with E-state index in [1.807, 2.05) is 12.3 Å². The van der Waals surface area contributed by atoms with Crippen molar-refractivity contribution < 1.29 is 23.4 Å². The Bertz CT molecular complexity index is 636. The molecular weight excluding hydrogens is 414 g/mol. The Hall–Kier alpha value is -1.10. The summed E-state index contributed by atoms with van der Waals surface area (Å²) in [4.78, 5) is 11.3. The van der Waals surface area contributed by atoms with Crippen molar-refractivity contribution in [2.24, 2.45) is 5.92 Å². The highest BCUT2D eigenvalue weighted by Crippen LogP contribution is 2.37. The summed E-state index contributed by atoms with van der Waals surface area (Å²) in [6, 6.07) is 1.94. The fourth-order valence-electron chi connectivity index (χ4n) is 2.76. The molecule has 1 aromatic rings. The second kappa shape index (κ2) is 12.8. The number of anilines is 1. The number of hydrogen-bond acceptors (Lipinski definition) is 8. The third-order valence-corrected chi connectivity index (χ3v) is 10.3. The zero-order chi connectivity index (χ0) is 22.7. The van der Waals surface area contributed by atoms with Crippen LogP contribution in [0.1, 0.15) is 26.5 Å². The molecule has 0 aliphatic carbocycles. The van der Waals surface area contributed by atoms with Gasteiger partial charge >= 0.3 is 0 Å². The topological polar surface area (TPSA) is 75.2 Å². The van der Waals surface area contributed by atoms with E-state index in [1.54, 1.807) is 7.11 Å². The smallest absolute Gasteiger partial charge is 0.225 e. The standard InChI is InChI=1S/C22H41N3O5Si/c1-22(2,3)31(5,6)30-18-20-7-8-23-21(24-20)25-15-19(16-25)17-29-14-13-28-12-11-27-10-9-26-4/h7-8,19H,9-18H2,1-6H3. The Morgan fingerprint density at radius 2 is 1.61 bits per heavy atom. The number of ether oxygens (including phenoxy) is 4. The van der Waals surface area contributed by atoms with E-state index in [9.17, 15) is 0 Å². The lowest BCUT2D eigenvalue weighted by Crippen LogP contribution is -2.49.